The quantitative estimate of drug-likeness (QED) is 0.190. The van der Waals surface area contributed by atoms with Crippen LogP contribution in [0.15, 0.2) is 48.5 Å². The molecule has 1 saturated heterocycles. The third kappa shape index (κ3) is 10.4. The van der Waals surface area contributed by atoms with Gasteiger partial charge >= 0.3 is 5.97 Å². The van der Waals surface area contributed by atoms with E-state index in [1.165, 1.54) is 11.8 Å². The smallest absolute Gasteiger partial charge is 0.320 e. The van der Waals surface area contributed by atoms with Crippen LogP contribution in [0, 0.1) is 29.0 Å². The predicted octanol–water partition coefficient (Wildman–Crippen LogP) is 7.95. The van der Waals surface area contributed by atoms with Crippen molar-refractivity contribution in [3.05, 3.63) is 82.4 Å². The summed E-state index contributed by atoms with van der Waals surface area (Å²) < 4.78 is 21.8. The molecule has 2 heterocycles. The Morgan fingerprint density at radius 2 is 1.84 bits per heavy atom. The Bertz CT molecular complexity index is 1570. The molecule has 1 saturated carbocycles. The maximum absolute atomic E-state index is 14.4. The zero-order valence-corrected chi connectivity index (χ0v) is 32.2. The summed E-state index contributed by atoms with van der Waals surface area (Å²) in [5.74, 6) is 0.825. The number of nitriles is 1. The second-order valence-corrected chi connectivity index (χ2v) is 14.0. The number of halogens is 4. The third-order valence-electron chi connectivity index (χ3n) is 10.4. The van der Waals surface area contributed by atoms with Crippen LogP contribution in [0.3, 0.4) is 0 Å². The molecule has 2 aliphatic rings. The molecule has 2 fully saturated rings. The molecule has 0 spiro atoms. The number of methoxy groups -OCH3 is 1. The van der Waals surface area contributed by atoms with Crippen LogP contribution < -0.4 is 4.74 Å². The van der Waals surface area contributed by atoms with E-state index in [-0.39, 0.29) is 60.9 Å². The number of aliphatic carboxylic acids is 1. The number of hydrogen-bond donors (Lipinski definition) is 1. The largest absolute Gasteiger partial charge is 0.495 e. The fourth-order valence-electron chi connectivity index (χ4n) is 7.98. The number of ether oxygens (including phenoxy) is 1. The minimum Gasteiger partial charge on any atom is -0.495 e. The van der Waals surface area contributed by atoms with Crippen molar-refractivity contribution in [2.45, 2.75) is 89.8 Å². The predicted molar refractivity (Wildman–Crippen MR) is 203 cm³/mol. The maximum atomic E-state index is 14.4. The standard InChI is InChI=1S/C38H50FN5O3.3ClH/c1-6-44-35(21-32(41-44)18-26-10-11-37(47-5)29(17-26)23-40)27-12-14-43(15-13-27)24-30-20-33(42(4)36(38(45)46)16-25(2)3)22-34(30)28-8-7-9-31(39)19-28;;;/h7-11,17,19,21,25,27,30,33-34,36H,6,12-16,18,20,22,24H2,1-5H3,(H,45,46);3*1H/t30?,33?,34?,36-;;;/m1.../s1. The average molecular weight is 753 g/mol. The number of rotatable bonds is 13. The molecule has 1 aliphatic heterocycles. The van der Waals surface area contributed by atoms with E-state index in [4.69, 9.17) is 9.84 Å². The number of aromatic nitrogens is 2. The molecule has 12 heteroatoms. The number of aryl methyl sites for hydroxylation is 1. The molecule has 8 nitrogen and oxygen atoms in total. The number of hydrogen-bond acceptors (Lipinski definition) is 6. The summed E-state index contributed by atoms with van der Waals surface area (Å²) in [6.07, 6.45) is 5.11. The SMILES string of the molecule is CCn1nc(Cc2ccc(OC)c(C#N)c2)cc1C1CCN(CC2CC(N(C)[C@H](CC(C)C)C(=O)O)CC2c2cccc(F)c2)CC1.Cl.Cl.Cl. The van der Waals surface area contributed by atoms with Gasteiger partial charge in [-0.2, -0.15) is 10.4 Å². The normalized spacial score (nSPS) is 20.0. The molecule has 1 N–H and O–H groups in total. The first-order valence-electron chi connectivity index (χ1n) is 17.2. The van der Waals surface area contributed by atoms with Crippen molar-refractivity contribution < 1.29 is 19.0 Å². The molecular formula is C38H53Cl3FN5O3. The van der Waals surface area contributed by atoms with Crippen LogP contribution >= 0.6 is 37.2 Å². The van der Waals surface area contributed by atoms with E-state index in [1.54, 1.807) is 19.2 Å². The van der Waals surface area contributed by atoms with Gasteiger partial charge in [0.1, 0.15) is 23.7 Å². The highest BCUT2D eigenvalue weighted by Gasteiger charge is 2.41. The van der Waals surface area contributed by atoms with Gasteiger partial charge in [0, 0.05) is 37.2 Å². The Kier molecular flexibility index (Phi) is 17.0. The van der Waals surface area contributed by atoms with E-state index in [1.807, 2.05) is 31.3 Å². The number of carbonyl (C=O) groups is 1. The first-order valence-corrected chi connectivity index (χ1v) is 17.2. The Morgan fingerprint density at radius 1 is 1.12 bits per heavy atom. The molecule has 5 rings (SSSR count). The van der Waals surface area contributed by atoms with Gasteiger partial charge in [-0.3, -0.25) is 14.4 Å². The van der Waals surface area contributed by atoms with Gasteiger partial charge in [0.2, 0.25) is 0 Å². The number of likely N-dealkylation sites (tertiary alicyclic amines) is 1. The van der Waals surface area contributed by atoms with Crippen LogP contribution in [0.5, 0.6) is 5.75 Å². The lowest BCUT2D eigenvalue weighted by Crippen LogP contribution is -2.45. The molecule has 1 aliphatic carbocycles. The Balaban J connectivity index is 0.00000289. The van der Waals surface area contributed by atoms with Gasteiger partial charge in [-0.05, 0) is 118 Å². The molecule has 2 aromatic carbocycles. The molecule has 50 heavy (non-hydrogen) atoms. The molecular weight excluding hydrogens is 700 g/mol. The zero-order valence-electron chi connectivity index (χ0n) is 29.8. The second kappa shape index (κ2) is 19.7. The number of likely N-dealkylation sites (N-methyl/N-ethyl adjacent to an activating group) is 1. The summed E-state index contributed by atoms with van der Waals surface area (Å²) in [4.78, 5) is 16.9. The van der Waals surface area contributed by atoms with Gasteiger partial charge in [0.25, 0.3) is 0 Å². The average Bonchev–Trinajstić information content (AvgIpc) is 3.67. The van der Waals surface area contributed by atoms with Gasteiger partial charge in [0.05, 0.1) is 18.4 Å². The van der Waals surface area contributed by atoms with Crippen LogP contribution in [0.25, 0.3) is 0 Å². The minimum atomic E-state index is -0.764. The van der Waals surface area contributed by atoms with Crippen molar-refractivity contribution in [2.75, 3.05) is 33.8 Å². The van der Waals surface area contributed by atoms with Crippen molar-refractivity contribution in [3.8, 4) is 11.8 Å². The highest BCUT2D eigenvalue weighted by molar-refractivity contribution is 5.86. The first kappa shape index (κ1) is 43.3. The summed E-state index contributed by atoms with van der Waals surface area (Å²) in [6.45, 7) is 9.97. The number of nitrogens with zero attached hydrogens (tertiary/aromatic N) is 5. The maximum Gasteiger partial charge on any atom is 0.320 e. The summed E-state index contributed by atoms with van der Waals surface area (Å²) in [6, 6.07) is 16.8. The highest BCUT2D eigenvalue weighted by Crippen LogP contribution is 2.43. The lowest BCUT2D eigenvalue weighted by atomic mass is 9.87. The van der Waals surface area contributed by atoms with E-state index in [9.17, 15) is 19.6 Å². The Labute approximate surface area is 315 Å². The molecule has 0 radical (unpaired) electrons. The van der Waals surface area contributed by atoms with Crippen LogP contribution in [-0.2, 0) is 17.8 Å². The van der Waals surface area contributed by atoms with Crippen molar-refractivity contribution in [2.24, 2.45) is 11.8 Å². The number of benzene rings is 2. The van der Waals surface area contributed by atoms with Crippen molar-refractivity contribution in [1.29, 1.82) is 5.26 Å². The molecule has 4 atom stereocenters. The molecule has 1 aromatic heterocycles. The van der Waals surface area contributed by atoms with Crippen molar-refractivity contribution in [1.82, 2.24) is 19.6 Å². The Hall–Kier alpha value is -2.87. The molecule has 276 valence electrons. The van der Waals surface area contributed by atoms with E-state index in [2.05, 4.69) is 47.4 Å². The topological polar surface area (TPSA) is 94.6 Å². The van der Waals surface area contributed by atoms with E-state index < -0.39 is 12.0 Å². The zero-order chi connectivity index (χ0) is 33.7. The van der Waals surface area contributed by atoms with Gasteiger partial charge < -0.3 is 14.7 Å². The van der Waals surface area contributed by atoms with Crippen LogP contribution in [0.2, 0.25) is 0 Å². The monoisotopic (exact) mass is 751 g/mol. The molecule has 3 unspecified atom stereocenters. The van der Waals surface area contributed by atoms with E-state index in [0.717, 1.165) is 68.7 Å². The second-order valence-electron chi connectivity index (χ2n) is 14.0. The third-order valence-corrected chi connectivity index (χ3v) is 10.4. The summed E-state index contributed by atoms with van der Waals surface area (Å²) in [7, 11) is 3.54. The molecule has 0 amide bonds. The van der Waals surface area contributed by atoms with E-state index >= 15 is 0 Å². The van der Waals surface area contributed by atoms with Crippen LogP contribution in [-0.4, -0.2) is 76.5 Å². The summed E-state index contributed by atoms with van der Waals surface area (Å²) >= 11 is 0. The van der Waals surface area contributed by atoms with E-state index in [0.29, 0.717) is 36.0 Å². The van der Waals surface area contributed by atoms with Gasteiger partial charge in [-0.25, -0.2) is 4.39 Å². The van der Waals surface area contributed by atoms with Crippen molar-refractivity contribution >= 4 is 43.2 Å². The highest BCUT2D eigenvalue weighted by atomic mass is 35.5. The fraction of sp³-hybridized carbons (Fsp3) is 0.553. The van der Waals surface area contributed by atoms with Gasteiger partial charge in [-0.1, -0.05) is 32.0 Å². The number of carboxylic acids is 1. The number of piperidine rings is 1. The van der Waals surface area contributed by atoms with Crippen LogP contribution in [0.4, 0.5) is 4.39 Å². The first-order chi connectivity index (χ1) is 22.6. The van der Waals surface area contributed by atoms with Gasteiger partial charge in [0.15, 0.2) is 0 Å². The minimum absolute atomic E-state index is 0. The molecule has 0 bridgehead atoms. The van der Waals surface area contributed by atoms with Crippen molar-refractivity contribution in [3.63, 3.8) is 0 Å². The Morgan fingerprint density at radius 3 is 2.44 bits per heavy atom. The summed E-state index contributed by atoms with van der Waals surface area (Å²) in [5, 5.41) is 24.5. The van der Waals surface area contributed by atoms with Crippen LogP contribution in [0.1, 0.15) is 92.8 Å². The summed E-state index contributed by atoms with van der Waals surface area (Å²) in [5.41, 5.74) is 4.88. The lowest BCUT2D eigenvalue weighted by molar-refractivity contribution is -0.144. The molecule has 3 aromatic rings. The van der Waals surface area contributed by atoms with Gasteiger partial charge in [-0.15, -0.1) is 37.2 Å². The fourth-order valence-corrected chi connectivity index (χ4v) is 7.98. The number of carboxylic acid groups (broad SMARTS) is 1. The lowest BCUT2D eigenvalue weighted by Gasteiger charge is -2.35.